The molecule has 2 heterocycles. The number of nitrogens with one attached hydrogen (secondary N) is 1. The smallest absolute Gasteiger partial charge is 0.309 e. The predicted molar refractivity (Wildman–Crippen MR) is 150 cm³/mol. The van der Waals surface area contributed by atoms with Crippen LogP contribution >= 0.6 is 0 Å². The summed E-state index contributed by atoms with van der Waals surface area (Å²) in [4.78, 5) is 29.6. The van der Waals surface area contributed by atoms with Gasteiger partial charge >= 0.3 is 5.97 Å². The van der Waals surface area contributed by atoms with Crippen LogP contribution in [0.15, 0.2) is 34.7 Å². The fourth-order valence-electron chi connectivity index (χ4n) is 5.53. The zero-order valence-corrected chi connectivity index (χ0v) is 23.4. The lowest BCUT2D eigenvalue weighted by Crippen LogP contribution is -2.39. The number of aryl methyl sites for hydroxylation is 1. The van der Waals surface area contributed by atoms with Gasteiger partial charge in [0, 0.05) is 19.2 Å². The molecule has 2 N–H and O–H groups in total. The maximum Gasteiger partial charge on any atom is 0.309 e. The summed E-state index contributed by atoms with van der Waals surface area (Å²) in [6, 6.07) is 9.65. The highest BCUT2D eigenvalue weighted by molar-refractivity contribution is 7.92. The number of benzene rings is 1. The molecule has 1 aromatic carbocycles. The first-order valence-corrected chi connectivity index (χ1v) is 15.4. The van der Waals surface area contributed by atoms with Gasteiger partial charge in [-0.1, -0.05) is 37.6 Å². The lowest BCUT2D eigenvalue weighted by atomic mass is 9.66. The molecular formula is C29H35N3O6S. The van der Waals surface area contributed by atoms with E-state index in [-0.39, 0.29) is 24.1 Å². The summed E-state index contributed by atoms with van der Waals surface area (Å²) in [6.07, 6.45) is 6.76. The Balaban J connectivity index is 1.59. The van der Waals surface area contributed by atoms with Gasteiger partial charge in [0.2, 0.25) is 15.7 Å². The number of hydrogen-bond donors (Lipinski definition) is 2. The van der Waals surface area contributed by atoms with E-state index in [1.54, 1.807) is 7.05 Å². The number of carbonyl (C=O) groups is 2. The average Bonchev–Trinajstić information content (AvgIpc) is 3.66. The maximum atomic E-state index is 13.1. The lowest BCUT2D eigenvalue weighted by Gasteiger charge is -2.38. The fraction of sp³-hybridized carbons (Fsp3) is 0.483. The van der Waals surface area contributed by atoms with E-state index in [1.165, 1.54) is 4.31 Å². The topological polar surface area (TPSA) is 130 Å². The van der Waals surface area contributed by atoms with Crippen molar-refractivity contribution < 1.29 is 27.5 Å². The number of furan rings is 1. The van der Waals surface area contributed by atoms with Crippen molar-refractivity contribution in [1.29, 1.82) is 0 Å². The Morgan fingerprint density at radius 1 is 1.21 bits per heavy atom. The number of hydrogen-bond acceptors (Lipinski definition) is 6. The van der Waals surface area contributed by atoms with E-state index in [2.05, 4.69) is 12.2 Å². The highest BCUT2D eigenvalue weighted by atomic mass is 32.2. The number of aliphatic carboxylic acids is 1. The number of rotatable bonds is 11. The summed E-state index contributed by atoms with van der Waals surface area (Å²) in [5, 5.41) is 12.9. The van der Waals surface area contributed by atoms with E-state index < -0.39 is 21.4 Å². The van der Waals surface area contributed by atoms with Crippen molar-refractivity contribution in [3.05, 3.63) is 47.0 Å². The number of sulfonamides is 1. The van der Waals surface area contributed by atoms with Gasteiger partial charge in [-0.15, -0.1) is 0 Å². The Hall–Kier alpha value is -3.40. The summed E-state index contributed by atoms with van der Waals surface area (Å²) >= 11 is 0. The molecule has 2 aliphatic rings. The van der Waals surface area contributed by atoms with E-state index in [9.17, 15) is 23.1 Å². The van der Waals surface area contributed by atoms with Crippen LogP contribution in [0.5, 0.6) is 0 Å². The molecule has 2 fully saturated rings. The van der Waals surface area contributed by atoms with Crippen molar-refractivity contribution in [3.63, 3.8) is 0 Å². The van der Waals surface area contributed by atoms with Gasteiger partial charge in [-0.25, -0.2) is 8.42 Å². The van der Waals surface area contributed by atoms with Gasteiger partial charge in [0.1, 0.15) is 11.6 Å². The summed E-state index contributed by atoms with van der Waals surface area (Å²) in [5.74, 6) is -0.292. The molecule has 0 aliphatic heterocycles. The molecule has 2 aliphatic carbocycles. The van der Waals surface area contributed by atoms with Gasteiger partial charge in [-0.05, 0) is 68.1 Å². The third kappa shape index (κ3) is 5.14. The van der Waals surface area contributed by atoms with Crippen LogP contribution in [0.3, 0.4) is 0 Å². The minimum absolute atomic E-state index is 0.125. The van der Waals surface area contributed by atoms with Gasteiger partial charge in [0.05, 0.1) is 22.6 Å². The van der Waals surface area contributed by atoms with Crippen LogP contribution in [-0.4, -0.2) is 50.2 Å². The molecule has 0 spiro atoms. The molecule has 5 rings (SSSR count). The molecule has 10 heteroatoms. The van der Waals surface area contributed by atoms with Crippen LogP contribution in [0.25, 0.3) is 22.4 Å². The minimum Gasteiger partial charge on any atom is -0.481 e. The largest absolute Gasteiger partial charge is 0.481 e. The molecule has 39 heavy (non-hydrogen) atoms. The molecule has 208 valence electrons. The number of nitrogens with zero attached hydrogens (tertiary/aromatic N) is 2. The summed E-state index contributed by atoms with van der Waals surface area (Å²) in [7, 11) is -2.16. The molecule has 0 bridgehead atoms. The normalized spacial score (nSPS) is 16.6. The van der Waals surface area contributed by atoms with Crippen molar-refractivity contribution in [2.24, 2.45) is 5.41 Å². The van der Waals surface area contributed by atoms with E-state index >= 15 is 0 Å². The molecule has 2 saturated carbocycles. The van der Waals surface area contributed by atoms with Crippen LogP contribution < -0.4 is 9.62 Å². The first kappa shape index (κ1) is 27.2. The third-order valence-corrected chi connectivity index (χ3v) is 9.36. The molecule has 1 amide bonds. The standard InChI is InChI=1S/C29H35N3O6S/c1-4-18-7-9-20(10-8-18)24-23(26(33)30-2)22-17-21(19-11-12-19)25(31-27(22)38-24)32(39(3,36)37)16-6-15-29(28(34)35)13-5-14-29/h7-10,17,19H,4-6,11-16H2,1-3H3,(H,30,33)(H,34,35). The Labute approximate surface area is 228 Å². The molecule has 9 nitrogen and oxygen atoms in total. The number of anilines is 1. The second-order valence-corrected chi connectivity index (χ2v) is 12.7. The van der Waals surface area contributed by atoms with Crippen molar-refractivity contribution in [3.8, 4) is 11.3 Å². The van der Waals surface area contributed by atoms with Crippen molar-refractivity contribution in [1.82, 2.24) is 10.3 Å². The van der Waals surface area contributed by atoms with Gasteiger partial charge < -0.3 is 14.8 Å². The van der Waals surface area contributed by atoms with Gasteiger partial charge in [-0.3, -0.25) is 13.9 Å². The zero-order valence-electron chi connectivity index (χ0n) is 22.6. The van der Waals surface area contributed by atoms with Crippen molar-refractivity contribution in [2.75, 3.05) is 24.2 Å². The Kier molecular flexibility index (Phi) is 7.17. The Bertz CT molecular complexity index is 1520. The average molecular weight is 554 g/mol. The second kappa shape index (κ2) is 10.3. The number of carboxylic acid groups (broad SMARTS) is 1. The Morgan fingerprint density at radius 2 is 1.90 bits per heavy atom. The third-order valence-electron chi connectivity index (χ3n) is 8.20. The molecule has 0 saturated heterocycles. The zero-order chi connectivity index (χ0) is 27.9. The quantitative estimate of drug-likeness (QED) is 0.338. The fourth-order valence-corrected chi connectivity index (χ4v) is 6.46. The lowest BCUT2D eigenvalue weighted by molar-refractivity contribution is -0.155. The number of amides is 1. The van der Waals surface area contributed by atoms with Crippen LogP contribution in [-0.2, 0) is 21.2 Å². The van der Waals surface area contributed by atoms with Crippen molar-refractivity contribution >= 4 is 38.8 Å². The molecule has 2 aromatic heterocycles. The van der Waals surface area contributed by atoms with Gasteiger partial charge in [-0.2, -0.15) is 4.98 Å². The molecule has 0 radical (unpaired) electrons. The highest BCUT2D eigenvalue weighted by Crippen LogP contribution is 2.48. The van der Waals surface area contributed by atoms with Gasteiger partial charge in [0.15, 0.2) is 0 Å². The SMILES string of the molecule is CCc1ccc(-c2oc3nc(N(CCCC4(C(=O)O)CCC4)S(C)(=O)=O)c(C4CC4)cc3c2C(=O)NC)cc1. The van der Waals surface area contributed by atoms with E-state index in [0.29, 0.717) is 48.2 Å². The number of carboxylic acids is 1. The van der Waals surface area contributed by atoms with Gasteiger partial charge in [0.25, 0.3) is 5.91 Å². The van der Waals surface area contributed by atoms with E-state index in [1.807, 2.05) is 30.3 Å². The van der Waals surface area contributed by atoms with Crippen LogP contribution in [0, 0.1) is 5.41 Å². The van der Waals surface area contributed by atoms with Crippen LogP contribution in [0.4, 0.5) is 5.82 Å². The van der Waals surface area contributed by atoms with Crippen molar-refractivity contribution in [2.45, 2.75) is 64.2 Å². The number of pyridine rings is 1. The Morgan fingerprint density at radius 3 is 2.41 bits per heavy atom. The highest BCUT2D eigenvalue weighted by Gasteiger charge is 2.44. The molecule has 3 aromatic rings. The van der Waals surface area contributed by atoms with E-state index in [4.69, 9.17) is 9.40 Å². The first-order valence-electron chi connectivity index (χ1n) is 13.6. The summed E-state index contributed by atoms with van der Waals surface area (Å²) < 4.78 is 33.5. The molecule has 0 unspecified atom stereocenters. The number of aromatic nitrogens is 1. The minimum atomic E-state index is -3.72. The number of carbonyl (C=O) groups excluding carboxylic acids is 1. The summed E-state index contributed by atoms with van der Waals surface area (Å²) in [5.41, 5.74) is 2.46. The second-order valence-electron chi connectivity index (χ2n) is 10.8. The summed E-state index contributed by atoms with van der Waals surface area (Å²) in [6.45, 7) is 2.19. The molecular weight excluding hydrogens is 518 g/mol. The monoisotopic (exact) mass is 553 g/mol. The van der Waals surface area contributed by atoms with E-state index in [0.717, 1.165) is 48.6 Å². The predicted octanol–water partition coefficient (Wildman–Crippen LogP) is 5.10. The molecule has 0 atom stereocenters. The number of fused-ring (bicyclic) bond motifs is 1. The maximum absolute atomic E-state index is 13.1. The van der Waals surface area contributed by atoms with Crippen LogP contribution in [0.1, 0.15) is 79.3 Å². The first-order chi connectivity index (χ1) is 18.6. The van der Waals surface area contributed by atoms with Crippen LogP contribution in [0.2, 0.25) is 0 Å².